The van der Waals surface area contributed by atoms with E-state index in [1.54, 1.807) is 6.33 Å². The number of hydrogen-bond donors (Lipinski definition) is 1. The van der Waals surface area contributed by atoms with Gasteiger partial charge in [0.2, 0.25) is 0 Å². The average molecular weight is 259 g/mol. The van der Waals surface area contributed by atoms with E-state index in [-0.39, 0.29) is 6.04 Å². The highest BCUT2D eigenvalue weighted by molar-refractivity contribution is 5.46. The van der Waals surface area contributed by atoms with E-state index >= 15 is 0 Å². The van der Waals surface area contributed by atoms with Gasteiger partial charge >= 0.3 is 0 Å². The summed E-state index contributed by atoms with van der Waals surface area (Å²) in [5.41, 5.74) is 2.48. The summed E-state index contributed by atoms with van der Waals surface area (Å²) in [4.78, 5) is 2.10. The maximum atomic E-state index is 4.06. The highest BCUT2D eigenvalue weighted by Crippen LogP contribution is 2.17. The number of nitrogens with zero attached hydrogens (tertiary/aromatic N) is 4. The third-order valence-electron chi connectivity index (χ3n) is 3.28. The number of aryl methyl sites for hydroxylation is 1. The molecule has 0 saturated carbocycles. The largest absolute Gasteiger partial charge is 0.378 e. The van der Waals surface area contributed by atoms with Crippen LogP contribution in [0, 0.1) is 0 Å². The number of anilines is 1. The zero-order chi connectivity index (χ0) is 13.8. The molecule has 19 heavy (non-hydrogen) atoms. The number of rotatable bonds is 5. The van der Waals surface area contributed by atoms with Crippen molar-refractivity contribution < 1.29 is 0 Å². The van der Waals surface area contributed by atoms with E-state index < -0.39 is 0 Å². The number of hydrogen-bond acceptors (Lipinski definition) is 4. The highest BCUT2D eigenvalue weighted by atomic mass is 15.3. The Bertz CT molecular complexity index is 515. The van der Waals surface area contributed by atoms with Crippen LogP contribution in [0.25, 0.3) is 0 Å². The van der Waals surface area contributed by atoms with Crippen LogP contribution in [-0.2, 0) is 13.6 Å². The van der Waals surface area contributed by atoms with E-state index in [0.29, 0.717) is 6.54 Å². The number of nitrogens with one attached hydrogen (secondary N) is 1. The van der Waals surface area contributed by atoms with E-state index in [1.807, 2.05) is 25.7 Å². The zero-order valence-corrected chi connectivity index (χ0v) is 12.0. The van der Waals surface area contributed by atoms with Gasteiger partial charge in [0.1, 0.15) is 12.2 Å². The van der Waals surface area contributed by atoms with Crippen molar-refractivity contribution in [2.45, 2.75) is 19.5 Å². The summed E-state index contributed by atoms with van der Waals surface area (Å²) in [5.74, 6) is 0.941. The van der Waals surface area contributed by atoms with Crippen molar-refractivity contribution in [2.75, 3.05) is 19.0 Å². The fourth-order valence-electron chi connectivity index (χ4n) is 1.89. The molecule has 5 nitrogen and oxygen atoms in total. The lowest BCUT2D eigenvalue weighted by Gasteiger charge is -2.16. The lowest BCUT2D eigenvalue weighted by Crippen LogP contribution is -2.20. The van der Waals surface area contributed by atoms with E-state index in [9.17, 15) is 0 Å². The van der Waals surface area contributed by atoms with Crippen molar-refractivity contribution in [3.8, 4) is 0 Å². The molecule has 0 aliphatic heterocycles. The van der Waals surface area contributed by atoms with Crippen LogP contribution in [0.5, 0.6) is 0 Å². The van der Waals surface area contributed by atoms with Crippen LogP contribution in [0.15, 0.2) is 30.6 Å². The molecule has 1 N–H and O–H groups in total. The van der Waals surface area contributed by atoms with Gasteiger partial charge in [-0.15, -0.1) is 10.2 Å². The van der Waals surface area contributed by atoms with Gasteiger partial charge in [-0.25, -0.2) is 0 Å². The van der Waals surface area contributed by atoms with Gasteiger partial charge in [-0.05, 0) is 24.6 Å². The fourth-order valence-corrected chi connectivity index (χ4v) is 1.89. The van der Waals surface area contributed by atoms with Gasteiger partial charge in [0, 0.05) is 32.9 Å². The molecule has 1 aromatic heterocycles. The third kappa shape index (κ3) is 3.32. The Balaban J connectivity index is 1.96. The first-order chi connectivity index (χ1) is 9.08. The number of benzene rings is 1. The molecule has 0 aliphatic carbocycles. The molecule has 0 fully saturated rings. The standard InChI is InChI=1S/C14H21N5/c1-11(15-9-14-17-16-10-19(14)4)12-5-7-13(8-6-12)18(2)3/h5-8,10-11,15H,9H2,1-4H3. The monoisotopic (exact) mass is 259 g/mol. The SMILES string of the molecule is CC(NCc1nncn1C)c1ccc(N(C)C)cc1. The molecule has 1 aromatic carbocycles. The maximum absolute atomic E-state index is 4.06. The quantitative estimate of drug-likeness (QED) is 0.888. The lowest BCUT2D eigenvalue weighted by atomic mass is 10.1. The van der Waals surface area contributed by atoms with E-state index in [2.05, 4.69) is 51.6 Å². The Labute approximate surface area is 114 Å². The Kier molecular flexibility index (Phi) is 4.16. The Morgan fingerprint density at radius 3 is 2.47 bits per heavy atom. The normalized spacial score (nSPS) is 12.4. The molecule has 0 radical (unpaired) electrons. The molecule has 0 aliphatic rings. The molecule has 2 rings (SSSR count). The first-order valence-electron chi connectivity index (χ1n) is 6.41. The van der Waals surface area contributed by atoms with Crippen LogP contribution in [-0.4, -0.2) is 28.9 Å². The summed E-state index contributed by atoms with van der Waals surface area (Å²) >= 11 is 0. The molecule has 2 aromatic rings. The first-order valence-corrected chi connectivity index (χ1v) is 6.41. The van der Waals surface area contributed by atoms with Gasteiger partial charge in [-0.3, -0.25) is 0 Å². The zero-order valence-electron chi connectivity index (χ0n) is 12.0. The van der Waals surface area contributed by atoms with Crippen LogP contribution >= 0.6 is 0 Å². The molecule has 0 saturated heterocycles. The van der Waals surface area contributed by atoms with E-state index in [1.165, 1.54) is 11.3 Å². The molecule has 0 bridgehead atoms. The highest BCUT2D eigenvalue weighted by Gasteiger charge is 2.07. The molecule has 1 atom stereocenters. The van der Waals surface area contributed by atoms with Crippen LogP contribution in [0.4, 0.5) is 5.69 Å². The molecule has 1 unspecified atom stereocenters. The second-order valence-corrected chi connectivity index (χ2v) is 4.95. The van der Waals surface area contributed by atoms with Gasteiger partial charge in [0.15, 0.2) is 0 Å². The van der Waals surface area contributed by atoms with Crippen LogP contribution in [0.2, 0.25) is 0 Å². The summed E-state index contributed by atoms with van der Waals surface area (Å²) in [6.07, 6.45) is 1.72. The van der Waals surface area contributed by atoms with Crippen molar-refractivity contribution >= 4 is 5.69 Å². The fraction of sp³-hybridized carbons (Fsp3) is 0.429. The Hall–Kier alpha value is -1.88. The van der Waals surface area contributed by atoms with E-state index in [4.69, 9.17) is 0 Å². The average Bonchev–Trinajstić information content (AvgIpc) is 2.81. The minimum Gasteiger partial charge on any atom is -0.378 e. The minimum absolute atomic E-state index is 0.285. The molecule has 5 heteroatoms. The Morgan fingerprint density at radius 2 is 1.95 bits per heavy atom. The van der Waals surface area contributed by atoms with Crippen LogP contribution in [0.1, 0.15) is 24.4 Å². The molecule has 102 valence electrons. The maximum Gasteiger partial charge on any atom is 0.146 e. The van der Waals surface area contributed by atoms with Crippen molar-refractivity contribution in [3.05, 3.63) is 42.0 Å². The summed E-state index contributed by atoms with van der Waals surface area (Å²) < 4.78 is 1.93. The van der Waals surface area contributed by atoms with Crippen molar-refractivity contribution in [1.29, 1.82) is 0 Å². The Morgan fingerprint density at radius 1 is 1.26 bits per heavy atom. The van der Waals surface area contributed by atoms with Gasteiger partial charge < -0.3 is 14.8 Å². The first kappa shape index (κ1) is 13.5. The molecule has 0 amide bonds. The summed E-state index contributed by atoms with van der Waals surface area (Å²) in [5, 5.41) is 11.4. The second-order valence-electron chi connectivity index (χ2n) is 4.95. The van der Waals surface area contributed by atoms with Crippen LogP contribution < -0.4 is 10.2 Å². The topological polar surface area (TPSA) is 46.0 Å². The van der Waals surface area contributed by atoms with Crippen molar-refractivity contribution in [1.82, 2.24) is 20.1 Å². The van der Waals surface area contributed by atoms with Crippen molar-refractivity contribution in [3.63, 3.8) is 0 Å². The van der Waals surface area contributed by atoms with Crippen LogP contribution in [0.3, 0.4) is 0 Å². The number of aromatic nitrogens is 3. The van der Waals surface area contributed by atoms with E-state index in [0.717, 1.165) is 5.82 Å². The second kappa shape index (κ2) is 5.84. The summed E-state index contributed by atoms with van der Waals surface area (Å²) in [7, 11) is 6.04. The third-order valence-corrected chi connectivity index (χ3v) is 3.28. The predicted octanol–water partition coefficient (Wildman–Crippen LogP) is 1.73. The predicted molar refractivity (Wildman–Crippen MR) is 77.0 cm³/mol. The molecular weight excluding hydrogens is 238 g/mol. The summed E-state index contributed by atoms with van der Waals surface area (Å²) in [6.45, 7) is 2.87. The molecular formula is C14H21N5. The van der Waals surface area contributed by atoms with Gasteiger partial charge in [0.05, 0.1) is 6.54 Å². The molecule has 0 spiro atoms. The smallest absolute Gasteiger partial charge is 0.146 e. The van der Waals surface area contributed by atoms with Gasteiger partial charge in [0.25, 0.3) is 0 Å². The summed E-state index contributed by atoms with van der Waals surface area (Å²) in [6, 6.07) is 8.87. The van der Waals surface area contributed by atoms with Crippen molar-refractivity contribution in [2.24, 2.45) is 7.05 Å². The molecule has 1 heterocycles. The van der Waals surface area contributed by atoms with Gasteiger partial charge in [-0.2, -0.15) is 0 Å². The minimum atomic E-state index is 0.285. The lowest BCUT2D eigenvalue weighted by molar-refractivity contribution is 0.548. The van der Waals surface area contributed by atoms with Gasteiger partial charge in [-0.1, -0.05) is 12.1 Å².